The minimum Gasteiger partial charge on any atom is -0.504 e. The van der Waals surface area contributed by atoms with E-state index in [-0.39, 0.29) is 36.4 Å². The van der Waals surface area contributed by atoms with Crippen molar-refractivity contribution in [1.29, 1.82) is 0 Å². The van der Waals surface area contributed by atoms with E-state index in [0.717, 1.165) is 16.7 Å². The van der Waals surface area contributed by atoms with Gasteiger partial charge in [-0.1, -0.05) is 6.07 Å². The smallest absolute Gasteiger partial charge is 0.186 e. The van der Waals surface area contributed by atoms with Crippen molar-refractivity contribution in [2.75, 3.05) is 34.0 Å². The molecule has 2 aromatic carbocycles. The van der Waals surface area contributed by atoms with Crippen molar-refractivity contribution in [2.24, 2.45) is 11.8 Å². The van der Waals surface area contributed by atoms with Gasteiger partial charge in [-0.3, -0.25) is 0 Å². The van der Waals surface area contributed by atoms with Gasteiger partial charge in [0, 0.05) is 12.5 Å². The summed E-state index contributed by atoms with van der Waals surface area (Å²) in [6.45, 7) is -0.830. The molecule has 37 heavy (non-hydrogen) atoms. The van der Waals surface area contributed by atoms with Crippen LogP contribution in [0.5, 0.6) is 23.0 Å². The molecule has 204 valence electrons. The van der Waals surface area contributed by atoms with Crippen LogP contribution in [-0.2, 0) is 15.9 Å². The van der Waals surface area contributed by atoms with Crippen LogP contribution in [0.2, 0.25) is 0 Å². The second-order valence-corrected chi connectivity index (χ2v) is 9.47. The Morgan fingerprint density at radius 1 is 0.865 bits per heavy atom. The van der Waals surface area contributed by atoms with E-state index in [0.29, 0.717) is 12.2 Å². The molecule has 0 aromatic heterocycles. The monoisotopic (exact) mass is 522 g/mol. The first kappa shape index (κ1) is 27.4. The summed E-state index contributed by atoms with van der Waals surface area (Å²) in [7, 11) is 2.88. The standard InChI is InChI=1S/C26H34O11/c1-34-19-6-12(3-4-17(19)29)22-15-8-18(30)20(35-2)7-13(15)5-14(9-27)16(22)11-36-26-25(33)24(32)23(31)21(10-28)37-26/h3-4,6-8,14,16,21-33H,5,9-11H2,1-2H3/t14-,16?,21-,22-,23-,24+,25-,26-/m1/s1. The van der Waals surface area contributed by atoms with Crippen LogP contribution in [0.1, 0.15) is 22.6 Å². The van der Waals surface area contributed by atoms with E-state index in [4.69, 9.17) is 18.9 Å². The molecule has 0 saturated carbocycles. The highest BCUT2D eigenvalue weighted by Gasteiger charge is 2.45. The predicted molar refractivity (Wildman–Crippen MR) is 129 cm³/mol. The van der Waals surface area contributed by atoms with Gasteiger partial charge in [-0.05, 0) is 59.2 Å². The summed E-state index contributed by atoms with van der Waals surface area (Å²) in [5, 5.41) is 71.2. The molecular weight excluding hydrogens is 488 g/mol. The van der Waals surface area contributed by atoms with Gasteiger partial charge in [0.25, 0.3) is 0 Å². The number of fused-ring (bicyclic) bond motifs is 1. The lowest BCUT2D eigenvalue weighted by Gasteiger charge is -2.43. The predicted octanol–water partition coefficient (Wildman–Crippen LogP) is -0.156. The van der Waals surface area contributed by atoms with E-state index >= 15 is 0 Å². The lowest BCUT2D eigenvalue weighted by atomic mass is 9.67. The second kappa shape index (κ2) is 11.4. The average Bonchev–Trinajstić information content (AvgIpc) is 2.90. The maximum atomic E-state index is 10.6. The van der Waals surface area contributed by atoms with Crippen LogP contribution in [-0.4, -0.2) is 100 Å². The molecule has 4 rings (SSSR count). The zero-order chi connectivity index (χ0) is 26.9. The first-order valence-electron chi connectivity index (χ1n) is 12.0. The van der Waals surface area contributed by atoms with E-state index in [1.807, 2.05) is 0 Å². The first-order valence-corrected chi connectivity index (χ1v) is 12.0. The van der Waals surface area contributed by atoms with E-state index in [2.05, 4.69) is 0 Å². The lowest BCUT2D eigenvalue weighted by Crippen LogP contribution is -2.59. The molecule has 1 aliphatic carbocycles. The third-order valence-electron chi connectivity index (χ3n) is 7.39. The molecule has 1 heterocycles. The third kappa shape index (κ3) is 5.21. The average molecular weight is 523 g/mol. The number of hydrogen-bond acceptors (Lipinski definition) is 11. The number of phenols is 2. The Balaban J connectivity index is 1.72. The summed E-state index contributed by atoms with van der Waals surface area (Å²) >= 11 is 0. The van der Waals surface area contributed by atoms with Crippen molar-refractivity contribution in [3.05, 3.63) is 47.0 Å². The quantitative estimate of drug-likeness (QED) is 0.245. The Labute approximate surface area is 214 Å². The Kier molecular flexibility index (Phi) is 8.44. The largest absolute Gasteiger partial charge is 0.504 e. The number of benzene rings is 2. The van der Waals surface area contributed by atoms with Crippen LogP contribution in [0.4, 0.5) is 0 Å². The van der Waals surface area contributed by atoms with E-state index < -0.39 is 49.1 Å². The molecule has 7 N–H and O–H groups in total. The van der Waals surface area contributed by atoms with Gasteiger partial charge in [0.1, 0.15) is 24.4 Å². The molecule has 0 radical (unpaired) electrons. The summed E-state index contributed by atoms with van der Waals surface area (Å²) in [6.07, 6.45) is -6.68. The van der Waals surface area contributed by atoms with Crippen LogP contribution in [0.25, 0.3) is 0 Å². The highest BCUT2D eigenvalue weighted by Crippen LogP contribution is 2.48. The van der Waals surface area contributed by atoms with Gasteiger partial charge >= 0.3 is 0 Å². The molecule has 0 spiro atoms. The highest BCUT2D eigenvalue weighted by molar-refractivity contribution is 5.53. The van der Waals surface area contributed by atoms with Gasteiger partial charge in [-0.25, -0.2) is 0 Å². The molecule has 1 fully saturated rings. The van der Waals surface area contributed by atoms with Crippen molar-refractivity contribution in [3.63, 3.8) is 0 Å². The minimum absolute atomic E-state index is 0.0476. The molecule has 8 atom stereocenters. The van der Waals surface area contributed by atoms with Crippen molar-refractivity contribution in [1.82, 2.24) is 0 Å². The van der Waals surface area contributed by atoms with Crippen LogP contribution in [0.15, 0.2) is 30.3 Å². The van der Waals surface area contributed by atoms with Gasteiger partial charge in [0.2, 0.25) is 0 Å². The van der Waals surface area contributed by atoms with Crippen molar-refractivity contribution >= 4 is 0 Å². The summed E-state index contributed by atoms with van der Waals surface area (Å²) in [4.78, 5) is 0. The summed E-state index contributed by atoms with van der Waals surface area (Å²) in [6, 6.07) is 8.22. The van der Waals surface area contributed by atoms with Gasteiger partial charge in [-0.15, -0.1) is 0 Å². The first-order chi connectivity index (χ1) is 17.7. The molecule has 2 aliphatic rings. The van der Waals surface area contributed by atoms with Gasteiger partial charge in [-0.2, -0.15) is 0 Å². The third-order valence-corrected chi connectivity index (χ3v) is 7.39. The molecule has 0 amide bonds. The topological polar surface area (TPSA) is 179 Å². The van der Waals surface area contributed by atoms with Crippen molar-refractivity contribution in [2.45, 2.75) is 43.0 Å². The molecule has 11 nitrogen and oxygen atoms in total. The van der Waals surface area contributed by atoms with E-state index in [1.54, 1.807) is 24.3 Å². The van der Waals surface area contributed by atoms with E-state index in [9.17, 15) is 35.7 Å². The molecule has 1 unspecified atom stereocenters. The minimum atomic E-state index is -1.59. The molecule has 11 heteroatoms. The Morgan fingerprint density at radius 2 is 1.57 bits per heavy atom. The Hall–Kier alpha value is -2.64. The summed E-state index contributed by atoms with van der Waals surface area (Å²) in [5.74, 6) is -0.744. The van der Waals surface area contributed by atoms with Crippen LogP contribution in [0, 0.1) is 11.8 Å². The van der Waals surface area contributed by atoms with Crippen LogP contribution < -0.4 is 9.47 Å². The summed E-state index contributed by atoms with van der Waals surface area (Å²) in [5.41, 5.74) is 2.34. The highest BCUT2D eigenvalue weighted by atomic mass is 16.7. The van der Waals surface area contributed by atoms with Crippen molar-refractivity contribution < 1.29 is 54.7 Å². The fourth-order valence-corrected chi connectivity index (χ4v) is 5.35. The van der Waals surface area contributed by atoms with Gasteiger partial charge in [0.15, 0.2) is 29.3 Å². The Morgan fingerprint density at radius 3 is 2.22 bits per heavy atom. The maximum Gasteiger partial charge on any atom is 0.186 e. The Bertz CT molecular complexity index is 1070. The van der Waals surface area contributed by atoms with Crippen molar-refractivity contribution in [3.8, 4) is 23.0 Å². The number of ether oxygens (including phenoxy) is 4. The fraction of sp³-hybridized carbons (Fsp3) is 0.538. The number of aliphatic hydroxyl groups is 5. The summed E-state index contributed by atoms with van der Waals surface area (Å²) < 4.78 is 22.0. The molecule has 1 aliphatic heterocycles. The maximum absolute atomic E-state index is 10.6. The fourth-order valence-electron chi connectivity index (χ4n) is 5.35. The number of hydrogen-bond donors (Lipinski definition) is 7. The molecule has 1 saturated heterocycles. The van der Waals surface area contributed by atoms with Crippen LogP contribution in [0.3, 0.4) is 0 Å². The number of aromatic hydroxyl groups is 2. The van der Waals surface area contributed by atoms with Gasteiger partial charge in [0.05, 0.1) is 27.4 Å². The second-order valence-electron chi connectivity index (χ2n) is 9.47. The number of phenolic OH excluding ortho intramolecular Hbond substituents is 2. The van der Waals surface area contributed by atoms with Crippen LogP contribution >= 0.6 is 0 Å². The zero-order valence-electron chi connectivity index (χ0n) is 20.6. The zero-order valence-corrected chi connectivity index (χ0v) is 20.6. The number of aliphatic hydroxyl groups excluding tert-OH is 5. The molecular formula is C26H34O11. The molecule has 0 bridgehead atoms. The van der Waals surface area contributed by atoms with Gasteiger partial charge < -0.3 is 54.7 Å². The lowest BCUT2D eigenvalue weighted by molar-refractivity contribution is -0.304. The normalized spacial score (nSPS) is 31.5. The van der Waals surface area contributed by atoms with E-state index in [1.165, 1.54) is 20.3 Å². The number of methoxy groups -OCH3 is 2. The number of rotatable bonds is 8. The molecule has 2 aromatic rings. The SMILES string of the molecule is COc1cc([C@@H]2c3cc(O)c(OC)cc3C[C@H](CO)C2CO[C@@H]2O[C@H](CO)[C@@H](O)[C@H](O)[C@H]2O)ccc1O.